The van der Waals surface area contributed by atoms with Gasteiger partial charge in [-0.2, -0.15) is 0 Å². The van der Waals surface area contributed by atoms with Gasteiger partial charge in [0.2, 0.25) is 0 Å². The molecule has 8 atom stereocenters. The minimum Gasteiger partial charge on any atom is -0.463 e. The van der Waals surface area contributed by atoms with E-state index in [1.165, 1.54) is 26.7 Å². The van der Waals surface area contributed by atoms with Crippen molar-refractivity contribution in [2.24, 2.45) is 34.5 Å². The molecule has 4 fully saturated rings. The van der Waals surface area contributed by atoms with E-state index in [4.69, 9.17) is 19.2 Å². The Balaban J connectivity index is 1.56. The predicted octanol–water partition coefficient (Wildman–Crippen LogP) is 7.57. The van der Waals surface area contributed by atoms with Crippen LogP contribution in [0, 0.1) is 46.3 Å². The Morgan fingerprint density at radius 3 is 2.23 bits per heavy atom. The Hall–Kier alpha value is -1.58. The molecule has 0 amide bonds. The van der Waals surface area contributed by atoms with Crippen LogP contribution in [0.1, 0.15) is 133 Å². The third-order valence-electron chi connectivity index (χ3n) is 11.3. The largest absolute Gasteiger partial charge is 0.463 e. The van der Waals surface area contributed by atoms with Crippen LogP contribution < -0.4 is 0 Å². The third kappa shape index (κ3) is 5.98. The number of hydrogen-bond donors (Lipinski definition) is 0. The van der Waals surface area contributed by atoms with Gasteiger partial charge in [0.1, 0.15) is 6.10 Å². The maximum absolute atomic E-state index is 12.5. The van der Waals surface area contributed by atoms with Crippen LogP contribution >= 0.6 is 0 Å². The van der Waals surface area contributed by atoms with E-state index in [9.17, 15) is 9.59 Å². The second kappa shape index (κ2) is 11.3. The van der Waals surface area contributed by atoms with Crippen molar-refractivity contribution in [3.8, 4) is 11.8 Å². The van der Waals surface area contributed by atoms with Gasteiger partial charge in [0.25, 0.3) is 0 Å². The average Bonchev–Trinajstić information content (AvgIpc) is 3.13. The highest BCUT2D eigenvalue weighted by atomic mass is 17.2. The summed E-state index contributed by atoms with van der Waals surface area (Å²) in [6.07, 6.45) is 11.3. The van der Waals surface area contributed by atoms with Gasteiger partial charge in [-0.05, 0) is 121 Å². The predicted molar refractivity (Wildman–Crippen MR) is 155 cm³/mol. The summed E-state index contributed by atoms with van der Waals surface area (Å²) in [5.74, 6) is 8.76. The lowest BCUT2D eigenvalue weighted by atomic mass is 9.44. The van der Waals surface area contributed by atoms with E-state index in [0.717, 1.165) is 57.8 Å². The molecule has 4 rings (SSSR count). The van der Waals surface area contributed by atoms with Gasteiger partial charge in [-0.25, -0.2) is 9.78 Å². The zero-order valence-electron chi connectivity index (χ0n) is 26.6. The normalized spacial score (nSPS) is 39.2. The smallest absolute Gasteiger partial charge is 0.304 e. The SMILES string of the molecule is CCCC(C)(C)OOC(C)(C)C#C[C@]1(OC(C)=O)CC[C@H]2[C@@H]3CC[C@H]4C[C@H](OC(C)=O)CC[C@]4(C)[C@H]3CC[C@@]21C. The number of fused-ring (bicyclic) bond motifs is 5. The lowest BCUT2D eigenvalue weighted by molar-refractivity contribution is -0.389. The summed E-state index contributed by atoms with van der Waals surface area (Å²) in [7, 11) is 0. The summed E-state index contributed by atoms with van der Waals surface area (Å²) in [6.45, 7) is 17.9. The lowest BCUT2D eigenvalue weighted by Crippen LogP contribution is -2.57. The number of carbonyl (C=O) groups is 2. The molecule has 0 aromatic rings. The molecule has 0 saturated heterocycles. The molecule has 4 aliphatic carbocycles. The van der Waals surface area contributed by atoms with Crippen LogP contribution in [0.5, 0.6) is 0 Å². The van der Waals surface area contributed by atoms with Gasteiger partial charge in [0.15, 0.2) is 11.2 Å². The van der Waals surface area contributed by atoms with Crippen molar-refractivity contribution in [1.82, 2.24) is 0 Å². The van der Waals surface area contributed by atoms with Gasteiger partial charge in [0.05, 0.1) is 5.60 Å². The molecule has 0 radical (unpaired) electrons. The maximum Gasteiger partial charge on any atom is 0.304 e. The first-order chi connectivity index (χ1) is 18.6. The molecule has 226 valence electrons. The zero-order valence-corrected chi connectivity index (χ0v) is 26.6. The molecular weight excluding hydrogens is 504 g/mol. The molecular formula is C34H54O6. The molecule has 4 aliphatic rings. The topological polar surface area (TPSA) is 71.1 Å². The van der Waals surface area contributed by atoms with Gasteiger partial charge in [-0.3, -0.25) is 9.59 Å². The number of hydrogen-bond acceptors (Lipinski definition) is 6. The van der Waals surface area contributed by atoms with Crippen molar-refractivity contribution >= 4 is 11.9 Å². The summed E-state index contributed by atoms with van der Waals surface area (Å²) in [5.41, 5.74) is -1.98. The van der Waals surface area contributed by atoms with E-state index >= 15 is 0 Å². The fraction of sp³-hybridized carbons (Fsp3) is 0.882. The summed E-state index contributed by atoms with van der Waals surface area (Å²) < 4.78 is 11.9. The molecule has 0 aliphatic heterocycles. The van der Waals surface area contributed by atoms with Crippen molar-refractivity contribution in [2.75, 3.05) is 0 Å². The van der Waals surface area contributed by atoms with Gasteiger partial charge in [-0.15, -0.1) is 0 Å². The Kier molecular flexibility index (Phi) is 8.82. The molecule has 0 N–H and O–H groups in total. The van der Waals surface area contributed by atoms with E-state index in [1.807, 2.05) is 27.7 Å². The zero-order chi connectivity index (χ0) is 29.6. The molecule has 4 saturated carbocycles. The molecule has 0 spiro atoms. The van der Waals surface area contributed by atoms with Gasteiger partial charge < -0.3 is 9.47 Å². The van der Waals surface area contributed by atoms with Crippen molar-refractivity contribution in [2.45, 2.75) is 156 Å². The first kappa shape index (κ1) is 31.4. The van der Waals surface area contributed by atoms with Crippen molar-refractivity contribution < 1.29 is 28.8 Å². The molecule has 0 heterocycles. The fourth-order valence-electron chi connectivity index (χ4n) is 9.34. The number of rotatable bonds is 7. The Morgan fingerprint density at radius 1 is 0.875 bits per heavy atom. The van der Waals surface area contributed by atoms with Crippen LogP contribution in [0.2, 0.25) is 0 Å². The molecule has 40 heavy (non-hydrogen) atoms. The average molecular weight is 559 g/mol. The first-order valence-corrected chi connectivity index (χ1v) is 15.8. The second-order valence-electron chi connectivity index (χ2n) is 15.0. The van der Waals surface area contributed by atoms with E-state index in [1.54, 1.807) is 0 Å². The standard InChI is InChI=1S/C34H54O6/c1-10-16-30(4,5)39-40-31(6,7)20-21-34(38-24(3)36)19-15-29-27-12-11-25-22-26(37-23(2)35)13-17-32(25,8)28(27)14-18-33(29,34)9/h25-29H,10-19,22H2,1-9H3/t25-,26+,27+,28-,29-,32-,33-,34+/m0/s1. The summed E-state index contributed by atoms with van der Waals surface area (Å²) in [4.78, 5) is 35.8. The molecule has 0 unspecified atom stereocenters. The number of ether oxygens (including phenoxy) is 2. The van der Waals surface area contributed by atoms with Crippen LogP contribution in [-0.2, 0) is 28.8 Å². The van der Waals surface area contributed by atoms with Crippen molar-refractivity contribution in [3.05, 3.63) is 0 Å². The summed E-state index contributed by atoms with van der Waals surface area (Å²) in [5, 5.41) is 0. The van der Waals surface area contributed by atoms with E-state index in [0.29, 0.717) is 23.7 Å². The fourth-order valence-corrected chi connectivity index (χ4v) is 9.34. The number of esters is 2. The number of carbonyl (C=O) groups excluding carboxylic acids is 2. The lowest BCUT2D eigenvalue weighted by Gasteiger charge is -2.61. The highest BCUT2D eigenvalue weighted by Crippen LogP contribution is 2.69. The summed E-state index contributed by atoms with van der Waals surface area (Å²) >= 11 is 0. The van der Waals surface area contributed by atoms with Gasteiger partial charge in [-0.1, -0.05) is 39.0 Å². The molecule has 0 aromatic carbocycles. The van der Waals surface area contributed by atoms with Crippen LogP contribution in [0.3, 0.4) is 0 Å². The Labute approximate surface area is 242 Å². The van der Waals surface area contributed by atoms with Crippen LogP contribution in [0.25, 0.3) is 0 Å². The van der Waals surface area contributed by atoms with E-state index < -0.39 is 16.8 Å². The summed E-state index contributed by atoms with van der Waals surface area (Å²) in [6, 6.07) is 0. The first-order valence-electron chi connectivity index (χ1n) is 15.8. The monoisotopic (exact) mass is 558 g/mol. The van der Waals surface area contributed by atoms with Crippen molar-refractivity contribution in [3.63, 3.8) is 0 Å². The second-order valence-corrected chi connectivity index (χ2v) is 15.0. The van der Waals surface area contributed by atoms with Gasteiger partial charge in [0, 0.05) is 19.3 Å². The molecule has 0 bridgehead atoms. The molecule has 6 nitrogen and oxygen atoms in total. The molecule has 0 aromatic heterocycles. The highest BCUT2D eigenvalue weighted by molar-refractivity contribution is 5.67. The van der Waals surface area contributed by atoms with Gasteiger partial charge >= 0.3 is 11.9 Å². The highest BCUT2D eigenvalue weighted by Gasteiger charge is 2.66. The Bertz CT molecular complexity index is 1020. The molecule has 6 heteroatoms. The van der Waals surface area contributed by atoms with Crippen LogP contribution in [-0.4, -0.2) is 34.8 Å². The van der Waals surface area contributed by atoms with Crippen LogP contribution in [0.15, 0.2) is 0 Å². The van der Waals surface area contributed by atoms with E-state index in [-0.39, 0.29) is 28.9 Å². The van der Waals surface area contributed by atoms with Crippen molar-refractivity contribution in [1.29, 1.82) is 0 Å². The van der Waals surface area contributed by atoms with E-state index in [2.05, 4.69) is 32.6 Å². The third-order valence-corrected chi connectivity index (χ3v) is 11.3. The van der Waals surface area contributed by atoms with Crippen LogP contribution in [0.4, 0.5) is 0 Å². The maximum atomic E-state index is 12.5. The quantitative estimate of drug-likeness (QED) is 0.139. The minimum absolute atomic E-state index is 0.0708. The minimum atomic E-state index is -0.837. The Morgan fingerprint density at radius 2 is 1.57 bits per heavy atom.